The molecular formula is C15H18N2O3. The Hall–Kier alpha value is -2.06. The molecule has 0 radical (unpaired) electrons. The molecule has 2 rings (SSSR count). The summed E-state index contributed by atoms with van der Waals surface area (Å²) in [6.07, 6.45) is 2.12. The SMILES string of the molecule is COCCN(C(=O)COc1ccc(C#N)cc1)C1CC1. The minimum Gasteiger partial charge on any atom is -0.484 e. The molecule has 0 aromatic heterocycles. The van der Waals surface area contributed by atoms with Gasteiger partial charge in [0.1, 0.15) is 5.75 Å². The molecule has 1 aromatic rings. The van der Waals surface area contributed by atoms with Crippen LogP contribution in [0.5, 0.6) is 5.75 Å². The number of methoxy groups -OCH3 is 1. The van der Waals surface area contributed by atoms with Crippen molar-refractivity contribution >= 4 is 5.91 Å². The lowest BCUT2D eigenvalue weighted by Crippen LogP contribution is -2.38. The molecule has 0 atom stereocenters. The van der Waals surface area contributed by atoms with Gasteiger partial charge >= 0.3 is 0 Å². The van der Waals surface area contributed by atoms with Crippen LogP contribution in [0.3, 0.4) is 0 Å². The van der Waals surface area contributed by atoms with E-state index in [1.54, 1.807) is 31.4 Å². The zero-order chi connectivity index (χ0) is 14.4. The van der Waals surface area contributed by atoms with E-state index in [-0.39, 0.29) is 12.5 Å². The van der Waals surface area contributed by atoms with Crippen molar-refractivity contribution < 1.29 is 14.3 Å². The van der Waals surface area contributed by atoms with Crippen molar-refractivity contribution in [3.05, 3.63) is 29.8 Å². The van der Waals surface area contributed by atoms with Gasteiger partial charge in [-0.05, 0) is 37.1 Å². The van der Waals surface area contributed by atoms with Crippen molar-refractivity contribution in [1.29, 1.82) is 5.26 Å². The number of rotatable bonds is 7. The van der Waals surface area contributed by atoms with Gasteiger partial charge in [0.2, 0.25) is 0 Å². The molecule has 1 saturated carbocycles. The number of benzene rings is 1. The maximum Gasteiger partial charge on any atom is 0.260 e. The van der Waals surface area contributed by atoms with Crippen LogP contribution >= 0.6 is 0 Å². The quantitative estimate of drug-likeness (QED) is 0.757. The fraction of sp³-hybridized carbons (Fsp3) is 0.467. The predicted molar refractivity (Wildman–Crippen MR) is 73.3 cm³/mol. The van der Waals surface area contributed by atoms with Gasteiger partial charge in [0, 0.05) is 19.7 Å². The number of ether oxygens (including phenoxy) is 2. The zero-order valence-electron chi connectivity index (χ0n) is 11.5. The predicted octanol–water partition coefficient (Wildman–Crippen LogP) is 1.57. The highest BCUT2D eigenvalue weighted by atomic mass is 16.5. The zero-order valence-corrected chi connectivity index (χ0v) is 11.5. The fourth-order valence-corrected chi connectivity index (χ4v) is 1.94. The van der Waals surface area contributed by atoms with Crippen LogP contribution in [0.15, 0.2) is 24.3 Å². The molecule has 0 N–H and O–H groups in total. The minimum atomic E-state index is -0.0195. The fourth-order valence-electron chi connectivity index (χ4n) is 1.94. The van der Waals surface area contributed by atoms with Crippen LogP contribution in [0.4, 0.5) is 0 Å². The molecule has 1 amide bonds. The lowest BCUT2D eigenvalue weighted by molar-refractivity contribution is -0.134. The molecule has 0 heterocycles. The standard InChI is InChI=1S/C15H18N2O3/c1-19-9-8-17(13-4-5-13)15(18)11-20-14-6-2-12(10-16)3-7-14/h2-3,6-7,13H,4-5,8-9,11H2,1H3. The van der Waals surface area contributed by atoms with Crippen LogP contribution in [0.1, 0.15) is 18.4 Å². The summed E-state index contributed by atoms with van der Waals surface area (Å²) in [5.74, 6) is 0.578. The molecule has 0 bridgehead atoms. The molecule has 0 unspecified atom stereocenters. The Morgan fingerprint density at radius 2 is 2.10 bits per heavy atom. The lowest BCUT2D eigenvalue weighted by atomic mass is 10.2. The Balaban J connectivity index is 1.84. The van der Waals surface area contributed by atoms with Crippen LogP contribution in [0.25, 0.3) is 0 Å². The normalized spacial score (nSPS) is 13.6. The van der Waals surface area contributed by atoms with E-state index in [0.29, 0.717) is 30.5 Å². The summed E-state index contributed by atoms with van der Waals surface area (Å²) in [4.78, 5) is 13.9. The second-order valence-corrected chi connectivity index (χ2v) is 4.74. The summed E-state index contributed by atoms with van der Waals surface area (Å²) in [5.41, 5.74) is 0.573. The van der Waals surface area contributed by atoms with E-state index in [9.17, 15) is 4.79 Å². The van der Waals surface area contributed by atoms with Gasteiger partial charge in [0.15, 0.2) is 6.61 Å². The monoisotopic (exact) mass is 274 g/mol. The third-order valence-electron chi connectivity index (χ3n) is 3.19. The molecule has 1 aliphatic carbocycles. The van der Waals surface area contributed by atoms with Gasteiger partial charge < -0.3 is 14.4 Å². The second-order valence-electron chi connectivity index (χ2n) is 4.74. The highest BCUT2D eigenvalue weighted by Gasteiger charge is 2.32. The van der Waals surface area contributed by atoms with E-state index in [2.05, 4.69) is 0 Å². The molecule has 1 aromatic carbocycles. The van der Waals surface area contributed by atoms with Crippen molar-refractivity contribution in [3.63, 3.8) is 0 Å². The van der Waals surface area contributed by atoms with E-state index >= 15 is 0 Å². The van der Waals surface area contributed by atoms with Crippen LogP contribution in [-0.2, 0) is 9.53 Å². The third kappa shape index (κ3) is 3.97. The van der Waals surface area contributed by atoms with Gasteiger partial charge in [0.25, 0.3) is 5.91 Å². The number of carbonyl (C=O) groups is 1. The van der Waals surface area contributed by atoms with Crippen molar-refractivity contribution in [1.82, 2.24) is 4.90 Å². The van der Waals surface area contributed by atoms with Crippen LogP contribution in [-0.4, -0.2) is 43.7 Å². The minimum absolute atomic E-state index is 0.0195. The number of hydrogen-bond acceptors (Lipinski definition) is 4. The number of amides is 1. The first kappa shape index (κ1) is 14.4. The average molecular weight is 274 g/mol. The summed E-state index contributed by atoms with van der Waals surface area (Å²) in [7, 11) is 1.63. The van der Waals surface area contributed by atoms with E-state index in [1.165, 1.54) is 0 Å². The molecule has 0 saturated heterocycles. The Labute approximate surface area is 118 Å². The topological polar surface area (TPSA) is 62.6 Å². The van der Waals surface area contributed by atoms with Crippen molar-refractivity contribution in [2.75, 3.05) is 26.9 Å². The molecule has 5 heteroatoms. The molecule has 20 heavy (non-hydrogen) atoms. The number of nitriles is 1. The Morgan fingerprint density at radius 1 is 1.40 bits per heavy atom. The van der Waals surface area contributed by atoms with E-state index < -0.39 is 0 Å². The van der Waals surface area contributed by atoms with Crippen molar-refractivity contribution in [2.45, 2.75) is 18.9 Å². The van der Waals surface area contributed by atoms with Crippen molar-refractivity contribution in [3.8, 4) is 11.8 Å². The number of hydrogen-bond donors (Lipinski definition) is 0. The van der Waals surface area contributed by atoms with Gasteiger partial charge in [-0.2, -0.15) is 5.26 Å². The molecule has 106 valence electrons. The van der Waals surface area contributed by atoms with Crippen LogP contribution in [0.2, 0.25) is 0 Å². The van der Waals surface area contributed by atoms with Crippen LogP contribution in [0, 0.1) is 11.3 Å². The summed E-state index contributed by atoms with van der Waals surface area (Å²) >= 11 is 0. The first-order chi connectivity index (χ1) is 9.74. The maximum absolute atomic E-state index is 12.1. The highest BCUT2D eigenvalue weighted by molar-refractivity contribution is 5.78. The number of nitrogens with zero attached hydrogens (tertiary/aromatic N) is 2. The lowest BCUT2D eigenvalue weighted by Gasteiger charge is -2.22. The molecule has 5 nitrogen and oxygen atoms in total. The molecular weight excluding hydrogens is 256 g/mol. The summed E-state index contributed by atoms with van der Waals surface area (Å²) in [6, 6.07) is 9.12. The van der Waals surface area contributed by atoms with E-state index in [4.69, 9.17) is 14.7 Å². The third-order valence-corrected chi connectivity index (χ3v) is 3.19. The summed E-state index contributed by atoms with van der Waals surface area (Å²) in [6.45, 7) is 1.17. The van der Waals surface area contributed by atoms with Gasteiger partial charge in [-0.1, -0.05) is 0 Å². The van der Waals surface area contributed by atoms with E-state index in [1.807, 2.05) is 11.0 Å². The first-order valence-corrected chi connectivity index (χ1v) is 6.66. The summed E-state index contributed by atoms with van der Waals surface area (Å²) in [5, 5.41) is 8.71. The van der Waals surface area contributed by atoms with Crippen molar-refractivity contribution in [2.24, 2.45) is 0 Å². The first-order valence-electron chi connectivity index (χ1n) is 6.66. The van der Waals surface area contributed by atoms with E-state index in [0.717, 1.165) is 12.8 Å². The van der Waals surface area contributed by atoms with Crippen LogP contribution < -0.4 is 4.74 Å². The second kappa shape index (κ2) is 6.92. The largest absolute Gasteiger partial charge is 0.484 e. The molecule has 0 aliphatic heterocycles. The van der Waals surface area contributed by atoms with Gasteiger partial charge in [-0.15, -0.1) is 0 Å². The Bertz CT molecular complexity index is 489. The maximum atomic E-state index is 12.1. The molecule has 1 fully saturated rings. The average Bonchev–Trinajstić information content (AvgIpc) is 3.31. The molecule has 0 spiro atoms. The van der Waals surface area contributed by atoms with Gasteiger partial charge in [-0.25, -0.2) is 0 Å². The molecule has 1 aliphatic rings. The smallest absolute Gasteiger partial charge is 0.260 e. The summed E-state index contributed by atoms with van der Waals surface area (Å²) < 4.78 is 10.5. The number of carbonyl (C=O) groups excluding carboxylic acids is 1. The Morgan fingerprint density at radius 3 is 2.65 bits per heavy atom. The van der Waals surface area contributed by atoms with Gasteiger partial charge in [0.05, 0.1) is 18.2 Å². The van der Waals surface area contributed by atoms with Gasteiger partial charge in [-0.3, -0.25) is 4.79 Å². The Kier molecular flexibility index (Phi) is 4.97. The highest BCUT2D eigenvalue weighted by Crippen LogP contribution is 2.26.